The van der Waals surface area contributed by atoms with E-state index >= 15 is 0 Å². The van der Waals surface area contributed by atoms with Gasteiger partial charge in [0.15, 0.2) is 0 Å². The molecule has 0 spiro atoms. The SMILES string of the molecule is CC[C@@H](C)NC(=O)[C@H](Cc1ccccc1)N(Cc1ccccc1Cl)C(=O)CN(c1ccc(C)cc1)S(=O)(=O)c1ccc(OC)cc1. The second-order valence-corrected chi connectivity index (χ2v) is 13.4. The molecule has 0 aliphatic heterocycles. The normalized spacial score (nSPS) is 12.5. The predicted octanol–water partition coefficient (Wildman–Crippen LogP) is 6.41. The lowest BCUT2D eigenvalue weighted by Crippen LogP contribution is -2.54. The molecule has 242 valence electrons. The summed E-state index contributed by atoms with van der Waals surface area (Å²) in [5.74, 6) is -0.393. The van der Waals surface area contributed by atoms with Gasteiger partial charge in [0.2, 0.25) is 11.8 Å². The van der Waals surface area contributed by atoms with E-state index in [1.807, 2.05) is 57.2 Å². The first-order valence-electron chi connectivity index (χ1n) is 15.1. The van der Waals surface area contributed by atoms with Crippen LogP contribution in [0.5, 0.6) is 5.75 Å². The van der Waals surface area contributed by atoms with Gasteiger partial charge in [-0.25, -0.2) is 8.42 Å². The highest BCUT2D eigenvalue weighted by molar-refractivity contribution is 7.92. The summed E-state index contributed by atoms with van der Waals surface area (Å²) in [7, 11) is -2.73. The van der Waals surface area contributed by atoms with Crippen LogP contribution in [0.15, 0.2) is 108 Å². The summed E-state index contributed by atoms with van der Waals surface area (Å²) < 4.78 is 34.7. The standard InChI is InChI=1S/C36H40ClN3O5S/c1-5-27(3)38-36(42)34(23-28-11-7-6-8-12-28)39(24-29-13-9-10-14-33(29)37)35(41)25-40(30-17-15-26(2)16-18-30)46(43,44)32-21-19-31(45-4)20-22-32/h6-22,27,34H,5,23-25H2,1-4H3,(H,38,42)/t27-,34+/m1/s1. The zero-order chi connectivity index (χ0) is 33.3. The number of benzene rings is 4. The van der Waals surface area contributed by atoms with Gasteiger partial charge in [0.25, 0.3) is 10.0 Å². The summed E-state index contributed by atoms with van der Waals surface area (Å²) in [5.41, 5.74) is 2.73. The largest absolute Gasteiger partial charge is 0.497 e. The van der Waals surface area contributed by atoms with Crippen LogP contribution in [0.25, 0.3) is 0 Å². The molecule has 4 aromatic rings. The maximum Gasteiger partial charge on any atom is 0.264 e. The molecule has 0 unspecified atom stereocenters. The number of nitrogens with one attached hydrogen (secondary N) is 1. The fourth-order valence-electron chi connectivity index (χ4n) is 4.92. The lowest BCUT2D eigenvalue weighted by molar-refractivity contribution is -0.140. The third-order valence-corrected chi connectivity index (χ3v) is 9.98. The van der Waals surface area contributed by atoms with Crippen molar-refractivity contribution in [1.29, 1.82) is 0 Å². The summed E-state index contributed by atoms with van der Waals surface area (Å²) in [6, 6.07) is 28.3. The average Bonchev–Trinajstić information content (AvgIpc) is 3.06. The number of carbonyl (C=O) groups is 2. The molecule has 4 rings (SSSR count). The van der Waals surface area contributed by atoms with Gasteiger partial charge >= 0.3 is 0 Å². The summed E-state index contributed by atoms with van der Waals surface area (Å²) in [6.07, 6.45) is 0.915. The van der Waals surface area contributed by atoms with E-state index in [9.17, 15) is 18.0 Å². The second-order valence-electron chi connectivity index (χ2n) is 11.2. The molecule has 1 N–H and O–H groups in total. The number of sulfonamides is 1. The summed E-state index contributed by atoms with van der Waals surface area (Å²) in [5, 5.41) is 3.47. The van der Waals surface area contributed by atoms with Gasteiger partial charge in [0.1, 0.15) is 18.3 Å². The van der Waals surface area contributed by atoms with Crippen LogP contribution in [0.3, 0.4) is 0 Å². The van der Waals surface area contributed by atoms with Crippen LogP contribution in [0.1, 0.15) is 37.0 Å². The minimum absolute atomic E-state index is 0.00493. The smallest absolute Gasteiger partial charge is 0.264 e. The number of aryl methyl sites for hydroxylation is 1. The molecular formula is C36H40ClN3O5S. The van der Waals surface area contributed by atoms with Crippen molar-refractivity contribution < 1.29 is 22.7 Å². The van der Waals surface area contributed by atoms with Crippen LogP contribution in [-0.4, -0.2) is 50.9 Å². The third-order valence-electron chi connectivity index (χ3n) is 7.82. The maximum atomic E-state index is 14.6. The summed E-state index contributed by atoms with van der Waals surface area (Å²) in [4.78, 5) is 29.9. The molecule has 0 aliphatic carbocycles. The zero-order valence-electron chi connectivity index (χ0n) is 26.5. The molecule has 8 nitrogen and oxygen atoms in total. The molecule has 2 atom stereocenters. The van der Waals surface area contributed by atoms with E-state index in [0.29, 0.717) is 28.4 Å². The van der Waals surface area contributed by atoms with E-state index in [1.165, 1.54) is 24.1 Å². The van der Waals surface area contributed by atoms with Gasteiger partial charge in [0.05, 0.1) is 17.7 Å². The van der Waals surface area contributed by atoms with Crippen molar-refractivity contribution in [2.24, 2.45) is 0 Å². The van der Waals surface area contributed by atoms with Gasteiger partial charge in [-0.2, -0.15) is 0 Å². The highest BCUT2D eigenvalue weighted by Crippen LogP contribution is 2.27. The molecule has 0 fully saturated rings. The molecule has 4 aromatic carbocycles. The first kappa shape index (κ1) is 34.5. The van der Waals surface area contributed by atoms with Crippen molar-refractivity contribution in [1.82, 2.24) is 10.2 Å². The lowest BCUT2D eigenvalue weighted by atomic mass is 10.0. The molecule has 2 amide bonds. The molecule has 0 saturated heterocycles. The summed E-state index contributed by atoms with van der Waals surface area (Å²) >= 11 is 6.56. The number of nitrogens with zero attached hydrogens (tertiary/aromatic N) is 2. The van der Waals surface area contributed by atoms with Gasteiger partial charge in [0, 0.05) is 24.0 Å². The molecule has 46 heavy (non-hydrogen) atoms. The molecule has 0 saturated carbocycles. The molecule has 0 aromatic heterocycles. The average molecular weight is 662 g/mol. The van der Waals surface area contributed by atoms with Gasteiger partial charge in [-0.1, -0.05) is 84.8 Å². The molecule has 0 radical (unpaired) electrons. The Bertz CT molecular complexity index is 1720. The van der Waals surface area contributed by atoms with Gasteiger partial charge < -0.3 is 15.0 Å². The molecular weight excluding hydrogens is 622 g/mol. The molecule has 0 aliphatic rings. The fourth-order valence-corrected chi connectivity index (χ4v) is 6.53. The Labute approximate surface area is 277 Å². The number of hydrogen-bond donors (Lipinski definition) is 1. The number of carbonyl (C=O) groups excluding carboxylic acids is 2. The number of hydrogen-bond acceptors (Lipinski definition) is 5. The van der Waals surface area contributed by atoms with Crippen LogP contribution < -0.4 is 14.4 Å². The van der Waals surface area contributed by atoms with Crippen molar-refractivity contribution >= 4 is 39.1 Å². The number of anilines is 1. The number of halogens is 1. The Morgan fingerprint density at radius 1 is 0.891 bits per heavy atom. The van der Waals surface area contributed by atoms with Crippen LogP contribution in [0.4, 0.5) is 5.69 Å². The molecule has 0 bridgehead atoms. The van der Waals surface area contributed by atoms with Crippen molar-refractivity contribution in [3.63, 3.8) is 0 Å². The van der Waals surface area contributed by atoms with Crippen molar-refractivity contribution in [2.45, 2.75) is 57.1 Å². The Morgan fingerprint density at radius 3 is 2.13 bits per heavy atom. The minimum atomic E-state index is -4.23. The highest BCUT2D eigenvalue weighted by atomic mass is 35.5. The maximum absolute atomic E-state index is 14.6. The van der Waals surface area contributed by atoms with Crippen LogP contribution in [-0.2, 0) is 32.6 Å². The summed E-state index contributed by atoms with van der Waals surface area (Å²) in [6.45, 7) is 5.20. The Balaban J connectivity index is 1.81. The predicted molar refractivity (Wildman–Crippen MR) is 183 cm³/mol. The van der Waals surface area contributed by atoms with Gasteiger partial charge in [-0.05, 0) is 73.9 Å². The molecule has 0 heterocycles. The van der Waals surface area contributed by atoms with E-state index in [1.54, 1.807) is 54.6 Å². The second kappa shape index (κ2) is 15.8. The fraction of sp³-hybridized carbons (Fsp3) is 0.278. The first-order valence-corrected chi connectivity index (χ1v) is 17.0. The van der Waals surface area contributed by atoms with Crippen LogP contribution in [0, 0.1) is 6.92 Å². The number of methoxy groups -OCH3 is 1. The topological polar surface area (TPSA) is 96.0 Å². The highest BCUT2D eigenvalue weighted by Gasteiger charge is 2.35. The van der Waals surface area contributed by atoms with Crippen molar-refractivity contribution in [2.75, 3.05) is 18.0 Å². The van der Waals surface area contributed by atoms with E-state index in [2.05, 4.69) is 5.32 Å². The van der Waals surface area contributed by atoms with Crippen LogP contribution in [0.2, 0.25) is 5.02 Å². The van der Waals surface area contributed by atoms with Crippen molar-refractivity contribution in [3.05, 3.63) is 125 Å². The Kier molecular flexibility index (Phi) is 11.8. The van der Waals surface area contributed by atoms with Gasteiger partial charge in [-0.15, -0.1) is 0 Å². The van der Waals surface area contributed by atoms with E-state index in [0.717, 1.165) is 15.4 Å². The van der Waals surface area contributed by atoms with Crippen LogP contribution >= 0.6 is 11.6 Å². The third kappa shape index (κ3) is 8.68. The van der Waals surface area contributed by atoms with Crippen molar-refractivity contribution in [3.8, 4) is 5.75 Å². The van der Waals surface area contributed by atoms with E-state index in [-0.39, 0.29) is 29.8 Å². The number of amides is 2. The number of ether oxygens (including phenoxy) is 1. The van der Waals surface area contributed by atoms with Gasteiger partial charge in [-0.3, -0.25) is 13.9 Å². The Morgan fingerprint density at radius 2 is 1.52 bits per heavy atom. The monoisotopic (exact) mass is 661 g/mol. The zero-order valence-corrected chi connectivity index (χ0v) is 28.1. The first-order chi connectivity index (χ1) is 22.0. The van der Waals surface area contributed by atoms with E-state index in [4.69, 9.17) is 16.3 Å². The Hall–Kier alpha value is -4.34. The van der Waals surface area contributed by atoms with E-state index < -0.39 is 28.5 Å². The quantitative estimate of drug-likeness (QED) is 0.169. The minimum Gasteiger partial charge on any atom is -0.497 e. The molecule has 10 heteroatoms. The lowest BCUT2D eigenvalue weighted by Gasteiger charge is -2.34. The number of rotatable bonds is 14.